The summed E-state index contributed by atoms with van der Waals surface area (Å²) in [4.78, 5) is 32.6. The van der Waals surface area contributed by atoms with Crippen molar-refractivity contribution in [3.8, 4) is 11.4 Å². The Labute approximate surface area is 181 Å². The maximum atomic E-state index is 14.3. The molecule has 0 radical (unpaired) electrons. The molecule has 0 saturated carbocycles. The second-order valence-corrected chi connectivity index (χ2v) is 7.39. The molecule has 4 rings (SSSR count). The molecular formula is C22H19F2N5O3. The highest BCUT2D eigenvalue weighted by atomic mass is 19.1. The summed E-state index contributed by atoms with van der Waals surface area (Å²) in [6.45, 7) is 1.64. The van der Waals surface area contributed by atoms with Gasteiger partial charge < -0.3 is 21.1 Å². The zero-order chi connectivity index (χ0) is 23.0. The number of nitrogens with zero attached hydrogens (tertiary/aromatic N) is 2. The van der Waals surface area contributed by atoms with Crippen molar-refractivity contribution in [1.29, 1.82) is 0 Å². The van der Waals surface area contributed by atoms with Crippen LogP contribution in [0.5, 0.6) is 0 Å². The highest BCUT2D eigenvalue weighted by molar-refractivity contribution is 6.03. The van der Waals surface area contributed by atoms with Crippen molar-refractivity contribution in [2.45, 2.75) is 19.0 Å². The molecule has 2 aromatic carbocycles. The number of esters is 1. The zero-order valence-electron chi connectivity index (χ0n) is 17.2. The Balaban J connectivity index is 1.74. The first-order valence-corrected chi connectivity index (χ1v) is 9.60. The van der Waals surface area contributed by atoms with Gasteiger partial charge in [0, 0.05) is 5.69 Å². The third-order valence-corrected chi connectivity index (χ3v) is 5.17. The molecule has 3 aromatic rings. The van der Waals surface area contributed by atoms with Crippen LogP contribution in [-0.2, 0) is 21.6 Å². The second-order valence-electron chi connectivity index (χ2n) is 7.39. The van der Waals surface area contributed by atoms with Crippen LogP contribution in [0.1, 0.15) is 28.5 Å². The average Bonchev–Trinajstić information content (AvgIpc) is 3.14. The first-order chi connectivity index (χ1) is 15.2. The summed E-state index contributed by atoms with van der Waals surface area (Å²) in [7, 11) is 1.25. The Morgan fingerprint density at radius 3 is 2.41 bits per heavy atom. The molecule has 1 aliphatic rings. The number of carbonyl (C=O) groups is 2. The minimum absolute atomic E-state index is 0.0962. The number of hydrogen-bond acceptors (Lipinski definition) is 7. The number of nitrogens with two attached hydrogens (primary N) is 1. The van der Waals surface area contributed by atoms with Crippen LogP contribution in [0.3, 0.4) is 0 Å². The third-order valence-electron chi connectivity index (χ3n) is 5.17. The molecule has 4 N–H and O–H groups in total. The topological polar surface area (TPSA) is 119 Å². The lowest BCUT2D eigenvalue weighted by atomic mass is 9.93. The molecule has 0 fully saturated rings. The maximum Gasteiger partial charge on any atom is 0.330 e. The van der Waals surface area contributed by atoms with E-state index < -0.39 is 29.0 Å². The Morgan fingerprint density at radius 2 is 1.78 bits per heavy atom. The fourth-order valence-electron chi connectivity index (χ4n) is 3.41. The minimum atomic E-state index is -1.35. The van der Waals surface area contributed by atoms with Gasteiger partial charge in [0.05, 0.1) is 24.9 Å². The molecule has 1 aliphatic heterocycles. The largest absolute Gasteiger partial charge is 0.467 e. The summed E-state index contributed by atoms with van der Waals surface area (Å²) >= 11 is 0. The Bertz CT molecular complexity index is 1210. The predicted octanol–water partition coefficient (Wildman–Crippen LogP) is 2.76. The molecule has 10 heteroatoms. The Morgan fingerprint density at radius 1 is 1.12 bits per heavy atom. The lowest BCUT2D eigenvalue weighted by molar-refractivity contribution is -0.146. The summed E-state index contributed by atoms with van der Waals surface area (Å²) < 4.78 is 33.3. The van der Waals surface area contributed by atoms with Crippen LogP contribution in [0.2, 0.25) is 0 Å². The average molecular weight is 439 g/mol. The number of carbonyl (C=O) groups excluding carboxylic acids is 2. The number of anilines is 2. The van der Waals surface area contributed by atoms with E-state index in [1.54, 1.807) is 24.3 Å². The van der Waals surface area contributed by atoms with E-state index in [-0.39, 0.29) is 29.3 Å². The number of benzene rings is 2. The molecule has 0 bridgehead atoms. The van der Waals surface area contributed by atoms with Gasteiger partial charge in [-0.15, -0.1) is 0 Å². The number of fused-ring (bicyclic) bond motifs is 1. The first kappa shape index (κ1) is 21.3. The van der Waals surface area contributed by atoms with Crippen LogP contribution < -0.4 is 16.4 Å². The minimum Gasteiger partial charge on any atom is -0.467 e. The van der Waals surface area contributed by atoms with E-state index >= 15 is 0 Å². The molecular weight excluding hydrogens is 420 g/mol. The van der Waals surface area contributed by atoms with Gasteiger partial charge in [-0.05, 0) is 36.8 Å². The van der Waals surface area contributed by atoms with Gasteiger partial charge >= 0.3 is 5.97 Å². The van der Waals surface area contributed by atoms with Crippen molar-refractivity contribution in [2.24, 2.45) is 5.73 Å². The molecule has 0 aliphatic carbocycles. The highest BCUT2D eigenvalue weighted by Gasteiger charge is 2.32. The molecule has 0 unspecified atom stereocenters. The molecule has 2 heterocycles. The van der Waals surface area contributed by atoms with Gasteiger partial charge in [0.1, 0.15) is 28.6 Å². The van der Waals surface area contributed by atoms with Gasteiger partial charge in [-0.1, -0.05) is 18.2 Å². The van der Waals surface area contributed by atoms with Gasteiger partial charge in [0.25, 0.3) is 5.91 Å². The van der Waals surface area contributed by atoms with E-state index in [2.05, 4.69) is 20.6 Å². The van der Waals surface area contributed by atoms with E-state index in [4.69, 9.17) is 10.5 Å². The molecule has 0 saturated heterocycles. The van der Waals surface area contributed by atoms with Crippen molar-refractivity contribution in [3.05, 3.63) is 70.9 Å². The maximum absolute atomic E-state index is 14.3. The predicted molar refractivity (Wildman–Crippen MR) is 112 cm³/mol. The van der Waals surface area contributed by atoms with Crippen molar-refractivity contribution in [2.75, 3.05) is 12.4 Å². The number of methoxy groups -OCH3 is 1. The molecule has 8 nitrogen and oxygen atoms in total. The van der Waals surface area contributed by atoms with Crippen molar-refractivity contribution < 1.29 is 23.1 Å². The molecule has 164 valence electrons. The number of aromatic nitrogens is 2. The second kappa shape index (κ2) is 7.97. The van der Waals surface area contributed by atoms with E-state index in [1.807, 2.05) is 0 Å². The summed E-state index contributed by atoms with van der Waals surface area (Å²) in [6.07, 6.45) is 0. The third kappa shape index (κ3) is 3.65. The van der Waals surface area contributed by atoms with Crippen LogP contribution in [-0.4, -0.2) is 29.0 Å². The molecule has 32 heavy (non-hydrogen) atoms. The fourth-order valence-corrected chi connectivity index (χ4v) is 3.41. The smallest absolute Gasteiger partial charge is 0.330 e. The van der Waals surface area contributed by atoms with Gasteiger partial charge in [0.15, 0.2) is 5.82 Å². The van der Waals surface area contributed by atoms with E-state index in [0.717, 1.165) is 12.1 Å². The first-order valence-electron chi connectivity index (χ1n) is 9.60. The number of halogens is 2. The molecule has 0 spiro atoms. The fraction of sp³-hybridized carbons (Fsp3) is 0.182. The van der Waals surface area contributed by atoms with E-state index in [0.29, 0.717) is 16.9 Å². The Hall–Kier alpha value is -3.92. The van der Waals surface area contributed by atoms with E-state index in [1.165, 1.54) is 20.1 Å². The van der Waals surface area contributed by atoms with Gasteiger partial charge in [-0.2, -0.15) is 0 Å². The number of nitrogens with one attached hydrogen (secondary N) is 2. The summed E-state index contributed by atoms with van der Waals surface area (Å²) in [5, 5.41) is 5.62. The van der Waals surface area contributed by atoms with Crippen LogP contribution in [0.25, 0.3) is 11.4 Å². The van der Waals surface area contributed by atoms with Gasteiger partial charge in [-0.25, -0.2) is 23.5 Å². The number of ether oxygens (including phenoxy) is 1. The van der Waals surface area contributed by atoms with Crippen LogP contribution in [0.4, 0.5) is 20.3 Å². The molecule has 1 amide bonds. The lowest BCUT2D eigenvalue weighted by Gasteiger charge is -2.22. The van der Waals surface area contributed by atoms with Gasteiger partial charge in [0.2, 0.25) is 0 Å². The SMILES string of the molecule is COC(=O)[C@](C)(N)c1ccc(Nc2nc(-c3c(F)cccc3F)nc3c2C(=O)NC3)cc1. The standard InChI is InChI=1S/C22H19F2N5O3/c1-22(25,21(31)32-2)11-6-8-12(9-7-11)27-19-17-15(10-26-20(17)30)28-18(29-19)16-13(23)4-3-5-14(16)24/h3-9H,10,25H2,1-2H3,(H,26,30)(H,27,28,29)/t22-/m1/s1. The van der Waals surface area contributed by atoms with Crippen molar-refractivity contribution >= 4 is 23.4 Å². The summed E-state index contributed by atoms with van der Waals surface area (Å²) in [5.74, 6) is -2.72. The van der Waals surface area contributed by atoms with Crippen LogP contribution in [0.15, 0.2) is 42.5 Å². The summed E-state index contributed by atoms with van der Waals surface area (Å²) in [5.41, 5.74) is 5.85. The number of rotatable bonds is 5. The van der Waals surface area contributed by atoms with Crippen LogP contribution in [0, 0.1) is 11.6 Å². The van der Waals surface area contributed by atoms with Crippen LogP contribution >= 0.6 is 0 Å². The van der Waals surface area contributed by atoms with Gasteiger partial charge in [-0.3, -0.25) is 4.79 Å². The zero-order valence-corrected chi connectivity index (χ0v) is 17.2. The number of hydrogen-bond donors (Lipinski definition) is 3. The highest BCUT2D eigenvalue weighted by Crippen LogP contribution is 2.31. The number of amides is 1. The molecule has 1 aromatic heterocycles. The quantitative estimate of drug-likeness (QED) is 0.523. The molecule has 1 atom stereocenters. The summed E-state index contributed by atoms with van der Waals surface area (Å²) in [6, 6.07) is 9.97. The lowest BCUT2D eigenvalue weighted by Crippen LogP contribution is -2.42. The normalized spacial score (nSPS) is 14.3. The van der Waals surface area contributed by atoms with Crippen molar-refractivity contribution in [1.82, 2.24) is 15.3 Å². The monoisotopic (exact) mass is 439 g/mol. The Kier molecular flexibility index (Phi) is 5.31. The van der Waals surface area contributed by atoms with Crippen molar-refractivity contribution in [3.63, 3.8) is 0 Å². The van der Waals surface area contributed by atoms with E-state index in [9.17, 15) is 18.4 Å².